The Morgan fingerprint density at radius 3 is 1.96 bits per heavy atom. The van der Waals surface area contributed by atoms with Gasteiger partial charge in [0, 0.05) is 4.91 Å². The first-order chi connectivity index (χ1) is 11.3. The Balaban J connectivity index is 3.41. The zero-order valence-corrected chi connectivity index (χ0v) is 14.7. The predicted molar refractivity (Wildman–Crippen MR) is 96.2 cm³/mol. The Morgan fingerprint density at radius 2 is 1.48 bits per heavy atom. The molecular formula is C18H35N3O2. The number of nitrogens with zero attached hydrogens (tertiary/aromatic N) is 3. The summed E-state index contributed by atoms with van der Waals surface area (Å²) >= 11 is 0. The molecule has 0 radical (unpaired) electrons. The van der Waals surface area contributed by atoms with E-state index in [1.807, 2.05) is 6.08 Å². The highest BCUT2D eigenvalue weighted by molar-refractivity contribution is 4.95. The molecule has 0 bridgehead atoms. The molecule has 0 spiro atoms. The Morgan fingerprint density at radius 1 is 0.957 bits per heavy atom. The molecule has 0 aliphatic rings. The molecule has 0 fully saturated rings. The van der Waals surface area contributed by atoms with Crippen LogP contribution in [0.4, 0.5) is 0 Å². The van der Waals surface area contributed by atoms with Crippen LogP contribution in [0.2, 0.25) is 0 Å². The molecule has 0 aromatic rings. The van der Waals surface area contributed by atoms with Crippen molar-refractivity contribution in [3.63, 3.8) is 0 Å². The second kappa shape index (κ2) is 17.3. The molecule has 0 aliphatic carbocycles. The summed E-state index contributed by atoms with van der Waals surface area (Å²) in [7, 11) is 0. The van der Waals surface area contributed by atoms with Crippen LogP contribution >= 0.6 is 0 Å². The van der Waals surface area contributed by atoms with E-state index in [0.717, 1.165) is 12.8 Å². The molecule has 0 rings (SSSR count). The van der Waals surface area contributed by atoms with Crippen LogP contribution < -0.4 is 0 Å². The highest BCUT2D eigenvalue weighted by atomic mass is 16.3. The van der Waals surface area contributed by atoms with Crippen molar-refractivity contribution in [3.8, 4) is 0 Å². The second-order valence-corrected chi connectivity index (χ2v) is 6.20. The summed E-state index contributed by atoms with van der Waals surface area (Å²) in [5.41, 5.74) is 8.31. The second-order valence-electron chi connectivity index (χ2n) is 6.20. The van der Waals surface area contributed by atoms with E-state index in [9.17, 15) is 5.11 Å². The van der Waals surface area contributed by atoms with Crippen LogP contribution in [0.5, 0.6) is 0 Å². The third kappa shape index (κ3) is 14.3. The summed E-state index contributed by atoms with van der Waals surface area (Å²) in [5, 5.41) is 22.0. The molecule has 5 nitrogen and oxygen atoms in total. The van der Waals surface area contributed by atoms with Gasteiger partial charge in [-0.15, -0.1) is 0 Å². The maximum atomic E-state index is 9.71. The van der Waals surface area contributed by atoms with Gasteiger partial charge in [-0.05, 0) is 18.4 Å². The van der Waals surface area contributed by atoms with Gasteiger partial charge in [0.25, 0.3) is 0 Å². The molecule has 23 heavy (non-hydrogen) atoms. The highest BCUT2D eigenvalue weighted by Crippen LogP contribution is 2.12. The lowest BCUT2D eigenvalue weighted by Gasteiger charge is -2.11. The summed E-state index contributed by atoms with van der Waals surface area (Å²) in [6, 6.07) is -0.784. The number of rotatable bonds is 16. The Labute approximate surface area is 141 Å². The molecule has 0 saturated heterocycles. The summed E-state index contributed by atoms with van der Waals surface area (Å²) in [4.78, 5) is 2.61. The number of azide groups is 1. The molecule has 0 aromatic carbocycles. The third-order valence-electron chi connectivity index (χ3n) is 4.09. The monoisotopic (exact) mass is 325 g/mol. The number of hydrogen-bond donors (Lipinski definition) is 2. The Bertz CT molecular complexity index is 328. The quantitative estimate of drug-likeness (QED) is 0.133. The summed E-state index contributed by atoms with van der Waals surface area (Å²) < 4.78 is 0. The van der Waals surface area contributed by atoms with Crippen molar-refractivity contribution >= 4 is 0 Å². The van der Waals surface area contributed by atoms with Crippen molar-refractivity contribution in [1.29, 1.82) is 0 Å². The van der Waals surface area contributed by atoms with E-state index >= 15 is 0 Å². The lowest BCUT2D eigenvalue weighted by molar-refractivity contribution is 0.144. The van der Waals surface area contributed by atoms with Gasteiger partial charge in [0.15, 0.2) is 0 Å². The standard InChI is InChI=1S/C18H35N3O2/c1-2-3-4-5-6-7-8-9-10-11-12-13-14-15-18(23)17(16-22)20-21-19/h14-15,17-18,22-23H,2-13,16H2,1H3/b15-14-/t17-,18-/m0/s1. The lowest BCUT2D eigenvalue weighted by Crippen LogP contribution is -2.25. The average Bonchev–Trinajstić information content (AvgIpc) is 2.56. The fourth-order valence-electron chi connectivity index (χ4n) is 2.57. The molecule has 5 heteroatoms. The first-order valence-corrected chi connectivity index (χ1v) is 9.26. The highest BCUT2D eigenvalue weighted by Gasteiger charge is 2.12. The fraction of sp³-hybridized carbons (Fsp3) is 0.889. The smallest absolute Gasteiger partial charge is 0.0900 e. The van der Waals surface area contributed by atoms with Crippen molar-refractivity contribution in [2.45, 2.75) is 96.1 Å². The molecule has 0 unspecified atom stereocenters. The first-order valence-electron chi connectivity index (χ1n) is 9.26. The van der Waals surface area contributed by atoms with Crippen LogP contribution in [0.3, 0.4) is 0 Å². The molecule has 134 valence electrons. The van der Waals surface area contributed by atoms with Gasteiger partial charge in [0.05, 0.1) is 18.8 Å². The predicted octanol–water partition coefficient (Wildman–Crippen LogP) is 5.28. The molecule has 0 heterocycles. The number of aliphatic hydroxyl groups excluding tert-OH is 2. The number of allylic oxidation sites excluding steroid dienone is 1. The maximum absolute atomic E-state index is 9.71. The van der Waals surface area contributed by atoms with E-state index in [2.05, 4.69) is 16.9 Å². The van der Waals surface area contributed by atoms with Crippen LogP contribution in [0, 0.1) is 0 Å². The van der Waals surface area contributed by atoms with Gasteiger partial charge >= 0.3 is 0 Å². The number of hydrogen-bond acceptors (Lipinski definition) is 3. The van der Waals surface area contributed by atoms with E-state index in [0.29, 0.717) is 0 Å². The van der Waals surface area contributed by atoms with E-state index in [-0.39, 0.29) is 6.61 Å². The third-order valence-corrected chi connectivity index (χ3v) is 4.09. The van der Waals surface area contributed by atoms with Crippen molar-refractivity contribution in [2.75, 3.05) is 6.61 Å². The van der Waals surface area contributed by atoms with Crippen molar-refractivity contribution < 1.29 is 10.2 Å². The molecule has 0 saturated carbocycles. The van der Waals surface area contributed by atoms with Crippen LogP contribution in [-0.4, -0.2) is 29.0 Å². The Kier molecular flexibility index (Phi) is 16.5. The van der Waals surface area contributed by atoms with Crippen molar-refractivity contribution in [3.05, 3.63) is 22.6 Å². The molecule has 0 aliphatic heterocycles. The van der Waals surface area contributed by atoms with Crippen LogP contribution in [0.1, 0.15) is 84.0 Å². The van der Waals surface area contributed by atoms with Gasteiger partial charge < -0.3 is 10.2 Å². The summed E-state index contributed by atoms with van der Waals surface area (Å²) in [6.45, 7) is 1.91. The molecule has 0 aromatic heterocycles. The van der Waals surface area contributed by atoms with Gasteiger partial charge in [-0.3, -0.25) is 0 Å². The first kappa shape index (κ1) is 22.0. The number of unbranched alkanes of at least 4 members (excludes halogenated alkanes) is 11. The van der Waals surface area contributed by atoms with Gasteiger partial charge in [0.1, 0.15) is 0 Å². The lowest BCUT2D eigenvalue weighted by atomic mass is 10.0. The Hall–Kier alpha value is -1.03. The zero-order chi connectivity index (χ0) is 17.2. The minimum Gasteiger partial charge on any atom is -0.396 e. The van der Waals surface area contributed by atoms with E-state index < -0.39 is 12.1 Å². The van der Waals surface area contributed by atoms with E-state index in [1.165, 1.54) is 64.2 Å². The van der Waals surface area contributed by atoms with Crippen LogP contribution in [-0.2, 0) is 0 Å². The minimum absolute atomic E-state index is 0.339. The van der Waals surface area contributed by atoms with Crippen molar-refractivity contribution in [1.82, 2.24) is 0 Å². The SMILES string of the molecule is CCCCCCCCCCCCC/C=C\[C@H](O)[C@H](CO)N=[N+]=[N-]. The van der Waals surface area contributed by atoms with Gasteiger partial charge in [-0.2, -0.15) is 0 Å². The molecule has 2 N–H and O–H groups in total. The average molecular weight is 325 g/mol. The summed E-state index contributed by atoms with van der Waals surface area (Å²) in [6.07, 6.45) is 18.1. The molecule has 2 atom stereocenters. The van der Waals surface area contributed by atoms with E-state index in [4.69, 9.17) is 10.6 Å². The normalized spacial score (nSPS) is 13.9. The zero-order valence-electron chi connectivity index (χ0n) is 14.7. The van der Waals surface area contributed by atoms with Crippen LogP contribution in [0.25, 0.3) is 10.4 Å². The number of aliphatic hydroxyl groups is 2. The minimum atomic E-state index is -0.899. The molecule has 0 amide bonds. The maximum Gasteiger partial charge on any atom is 0.0900 e. The topological polar surface area (TPSA) is 89.2 Å². The van der Waals surface area contributed by atoms with Gasteiger partial charge in [-0.1, -0.05) is 88.4 Å². The van der Waals surface area contributed by atoms with Crippen molar-refractivity contribution in [2.24, 2.45) is 5.11 Å². The summed E-state index contributed by atoms with van der Waals surface area (Å²) in [5.74, 6) is 0. The van der Waals surface area contributed by atoms with E-state index in [1.54, 1.807) is 6.08 Å². The fourth-order valence-corrected chi connectivity index (χ4v) is 2.57. The molecular weight excluding hydrogens is 290 g/mol. The van der Waals surface area contributed by atoms with Gasteiger partial charge in [0.2, 0.25) is 0 Å². The van der Waals surface area contributed by atoms with Crippen LogP contribution in [0.15, 0.2) is 17.3 Å². The van der Waals surface area contributed by atoms with Gasteiger partial charge in [-0.25, -0.2) is 0 Å². The largest absolute Gasteiger partial charge is 0.396 e.